The Kier molecular flexibility index (Phi) is 8.60. The van der Waals surface area contributed by atoms with Gasteiger partial charge in [0, 0.05) is 31.1 Å². The minimum Gasteiger partial charge on any atom is -0.507 e. The summed E-state index contributed by atoms with van der Waals surface area (Å²) in [5.41, 5.74) is 4.45. The molecule has 0 heterocycles. The van der Waals surface area contributed by atoms with Crippen LogP contribution >= 0.6 is 0 Å². The highest BCUT2D eigenvalue weighted by molar-refractivity contribution is 5.74. The summed E-state index contributed by atoms with van der Waals surface area (Å²) >= 11 is 0. The minimum absolute atomic E-state index is 0.0975. The number of carbonyl (C=O) groups is 1. The topological polar surface area (TPSA) is 72.8 Å². The standard InChI is InChI=1S/C26H40N2O3/c1-8-9-10-11-19-15-22(29)24(21-14-17(4)12-13-20(21)16(2)3)25(30)23(19)18(5)27-26(31)28(6)7/h14-15,18,20-21,29-30H,2,8-13H2,1,3-7H3,(H,27,31). The number of phenolic OH excluding ortho intramolecular Hbond substituents is 2. The van der Waals surface area contributed by atoms with E-state index < -0.39 is 0 Å². The molecule has 0 spiro atoms. The molecule has 1 aliphatic carbocycles. The number of nitrogens with one attached hydrogen (secondary N) is 1. The first-order valence-electron chi connectivity index (χ1n) is 11.5. The summed E-state index contributed by atoms with van der Waals surface area (Å²) in [5, 5.41) is 25.5. The van der Waals surface area contributed by atoms with Crippen molar-refractivity contribution in [2.45, 2.75) is 78.2 Å². The lowest BCUT2D eigenvalue weighted by Crippen LogP contribution is -2.36. The van der Waals surface area contributed by atoms with Gasteiger partial charge in [-0.25, -0.2) is 4.79 Å². The molecule has 0 saturated carbocycles. The highest BCUT2D eigenvalue weighted by Crippen LogP contribution is 2.49. The van der Waals surface area contributed by atoms with E-state index in [1.165, 1.54) is 10.5 Å². The lowest BCUT2D eigenvalue weighted by Gasteiger charge is -2.33. The van der Waals surface area contributed by atoms with Gasteiger partial charge in [-0.3, -0.25) is 0 Å². The van der Waals surface area contributed by atoms with Gasteiger partial charge >= 0.3 is 6.03 Å². The number of aromatic hydroxyl groups is 2. The molecule has 31 heavy (non-hydrogen) atoms. The molecule has 3 unspecified atom stereocenters. The number of nitrogens with zero attached hydrogens (tertiary/aromatic N) is 1. The zero-order valence-electron chi connectivity index (χ0n) is 20.1. The number of allylic oxidation sites excluding steroid dienone is 3. The lowest BCUT2D eigenvalue weighted by molar-refractivity contribution is 0.214. The van der Waals surface area contributed by atoms with E-state index in [9.17, 15) is 15.0 Å². The number of carbonyl (C=O) groups excluding carboxylic acids is 1. The van der Waals surface area contributed by atoms with Crippen LogP contribution in [0.1, 0.15) is 88.4 Å². The largest absolute Gasteiger partial charge is 0.507 e. The predicted molar refractivity (Wildman–Crippen MR) is 128 cm³/mol. The van der Waals surface area contributed by atoms with Crippen LogP contribution in [0.3, 0.4) is 0 Å². The lowest BCUT2D eigenvalue weighted by atomic mass is 9.73. The fraction of sp³-hybridized carbons (Fsp3) is 0.577. The summed E-state index contributed by atoms with van der Waals surface area (Å²) in [5.74, 6) is 0.249. The summed E-state index contributed by atoms with van der Waals surface area (Å²) in [4.78, 5) is 13.8. The molecule has 3 atom stereocenters. The monoisotopic (exact) mass is 428 g/mol. The van der Waals surface area contributed by atoms with E-state index in [-0.39, 0.29) is 35.4 Å². The average molecular weight is 429 g/mol. The van der Waals surface area contributed by atoms with Crippen molar-refractivity contribution in [3.63, 3.8) is 0 Å². The molecule has 2 amide bonds. The van der Waals surface area contributed by atoms with Gasteiger partial charge in [0.05, 0.1) is 6.04 Å². The van der Waals surface area contributed by atoms with Gasteiger partial charge in [-0.2, -0.15) is 0 Å². The maximum absolute atomic E-state index is 12.3. The number of unbranched alkanes of at least 4 members (excludes halogenated alkanes) is 2. The predicted octanol–water partition coefficient (Wildman–Crippen LogP) is 6.18. The zero-order valence-corrected chi connectivity index (χ0v) is 20.1. The molecule has 3 N–H and O–H groups in total. The Balaban J connectivity index is 2.61. The number of benzene rings is 1. The first-order chi connectivity index (χ1) is 14.6. The van der Waals surface area contributed by atoms with Gasteiger partial charge in [-0.15, -0.1) is 0 Å². The van der Waals surface area contributed by atoms with Gasteiger partial charge in [-0.1, -0.05) is 43.6 Å². The maximum atomic E-state index is 12.3. The third-order valence-electron chi connectivity index (χ3n) is 6.39. The quantitative estimate of drug-likeness (QED) is 0.342. The summed E-state index contributed by atoms with van der Waals surface area (Å²) in [6.07, 6.45) is 7.97. The van der Waals surface area contributed by atoms with Gasteiger partial charge in [0.1, 0.15) is 11.5 Å². The number of rotatable bonds is 8. The van der Waals surface area contributed by atoms with Gasteiger partial charge in [-0.05, 0) is 64.0 Å². The second kappa shape index (κ2) is 10.7. The molecule has 2 rings (SSSR count). The van der Waals surface area contributed by atoms with Crippen molar-refractivity contribution in [3.8, 4) is 11.5 Å². The normalized spacial score (nSPS) is 19.5. The third kappa shape index (κ3) is 5.84. The second-order valence-corrected chi connectivity index (χ2v) is 9.28. The molecule has 0 fully saturated rings. The van der Waals surface area contributed by atoms with Crippen molar-refractivity contribution in [3.05, 3.63) is 46.6 Å². The van der Waals surface area contributed by atoms with Crippen LogP contribution < -0.4 is 5.32 Å². The molecule has 5 heteroatoms. The molecule has 5 nitrogen and oxygen atoms in total. The SMILES string of the molecule is C=C(C)C1CCC(C)=CC1c1c(O)cc(CCCCC)c(C(C)NC(=O)N(C)C)c1O. The molecule has 0 aliphatic heterocycles. The number of hydrogen-bond donors (Lipinski definition) is 3. The molecule has 0 saturated heterocycles. The molecular weight excluding hydrogens is 388 g/mol. The first-order valence-corrected chi connectivity index (χ1v) is 11.5. The van der Waals surface area contributed by atoms with Gasteiger partial charge in [0.25, 0.3) is 0 Å². The van der Waals surface area contributed by atoms with Crippen molar-refractivity contribution in [2.75, 3.05) is 14.1 Å². The Labute approximate surface area is 187 Å². The van der Waals surface area contributed by atoms with E-state index in [2.05, 4.69) is 31.8 Å². The van der Waals surface area contributed by atoms with Gasteiger partial charge in [0.15, 0.2) is 0 Å². The van der Waals surface area contributed by atoms with E-state index in [0.29, 0.717) is 11.1 Å². The van der Waals surface area contributed by atoms with Crippen LogP contribution in [0.5, 0.6) is 11.5 Å². The summed E-state index contributed by atoms with van der Waals surface area (Å²) < 4.78 is 0. The number of urea groups is 1. The molecule has 0 radical (unpaired) electrons. The smallest absolute Gasteiger partial charge is 0.317 e. The van der Waals surface area contributed by atoms with Crippen LogP contribution in [-0.4, -0.2) is 35.2 Å². The van der Waals surface area contributed by atoms with E-state index in [0.717, 1.165) is 49.7 Å². The summed E-state index contributed by atoms with van der Waals surface area (Å²) in [6, 6.07) is 1.20. The molecule has 1 aromatic carbocycles. The van der Waals surface area contributed by atoms with Gasteiger partial charge in [0.2, 0.25) is 0 Å². The van der Waals surface area contributed by atoms with Gasteiger partial charge < -0.3 is 20.4 Å². The molecule has 172 valence electrons. The van der Waals surface area contributed by atoms with E-state index >= 15 is 0 Å². The highest BCUT2D eigenvalue weighted by Gasteiger charge is 2.32. The van der Waals surface area contributed by atoms with Crippen molar-refractivity contribution >= 4 is 6.03 Å². The van der Waals surface area contributed by atoms with Crippen LogP contribution in [0.25, 0.3) is 0 Å². The Morgan fingerprint density at radius 2 is 2.00 bits per heavy atom. The molecule has 1 aromatic rings. The fourth-order valence-electron chi connectivity index (χ4n) is 4.62. The highest BCUT2D eigenvalue weighted by atomic mass is 16.3. The Bertz CT molecular complexity index is 842. The van der Waals surface area contributed by atoms with E-state index in [1.807, 2.05) is 13.8 Å². The first kappa shape index (κ1) is 24.8. The summed E-state index contributed by atoms with van der Waals surface area (Å²) in [6.45, 7) is 12.3. The Morgan fingerprint density at radius 3 is 2.58 bits per heavy atom. The fourth-order valence-corrected chi connectivity index (χ4v) is 4.62. The zero-order chi connectivity index (χ0) is 23.3. The van der Waals surface area contributed by atoms with Crippen LogP contribution in [0.4, 0.5) is 4.79 Å². The number of aryl methyl sites for hydroxylation is 1. The minimum atomic E-state index is -0.386. The van der Waals surface area contributed by atoms with E-state index in [4.69, 9.17) is 0 Å². The Morgan fingerprint density at radius 1 is 1.32 bits per heavy atom. The van der Waals surface area contributed by atoms with Crippen molar-refractivity contribution in [2.24, 2.45) is 5.92 Å². The van der Waals surface area contributed by atoms with Crippen molar-refractivity contribution in [1.82, 2.24) is 10.2 Å². The van der Waals surface area contributed by atoms with Crippen molar-refractivity contribution in [1.29, 1.82) is 0 Å². The molecule has 0 aromatic heterocycles. The average Bonchev–Trinajstić information content (AvgIpc) is 2.67. The number of phenols is 2. The maximum Gasteiger partial charge on any atom is 0.317 e. The Hall–Kier alpha value is -2.43. The molecule has 0 bridgehead atoms. The second-order valence-electron chi connectivity index (χ2n) is 9.28. The summed E-state index contributed by atoms with van der Waals surface area (Å²) in [7, 11) is 3.39. The van der Waals surface area contributed by atoms with E-state index in [1.54, 1.807) is 20.2 Å². The van der Waals surface area contributed by atoms with Crippen LogP contribution in [0.15, 0.2) is 29.9 Å². The number of hydrogen-bond acceptors (Lipinski definition) is 3. The number of amides is 2. The molecule has 1 aliphatic rings. The van der Waals surface area contributed by atoms with Crippen molar-refractivity contribution < 1.29 is 15.0 Å². The third-order valence-corrected chi connectivity index (χ3v) is 6.39. The van der Waals surface area contributed by atoms with Crippen LogP contribution in [-0.2, 0) is 6.42 Å². The molecular formula is C26H40N2O3. The van der Waals surface area contributed by atoms with Crippen LogP contribution in [0.2, 0.25) is 0 Å². The van der Waals surface area contributed by atoms with Crippen LogP contribution in [0, 0.1) is 5.92 Å².